The number of aliphatic hydroxyl groups is 1. The number of nitrogens with two attached hydrogens (primary N) is 1. The van der Waals surface area contributed by atoms with Gasteiger partial charge in [0.1, 0.15) is 31.1 Å². The van der Waals surface area contributed by atoms with Gasteiger partial charge in [0.15, 0.2) is 11.6 Å². The Morgan fingerprint density at radius 1 is 1.44 bits per heavy atom. The second kappa shape index (κ2) is 9.88. The van der Waals surface area contributed by atoms with Crippen molar-refractivity contribution in [3.8, 4) is 0 Å². The molecule has 1 saturated heterocycles. The molecule has 3 aliphatic rings. The zero-order valence-electron chi connectivity index (χ0n) is 16.9. The summed E-state index contributed by atoms with van der Waals surface area (Å²) in [5.74, 6) is -0.627. The third kappa shape index (κ3) is 5.43. The number of aliphatic imine (C=N–C) groups is 3. The number of alkyl halides is 1. The summed E-state index contributed by atoms with van der Waals surface area (Å²) in [5, 5.41) is 9.40. The van der Waals surface area contributed by atoms with Gasteiger partial charge in [-0.3, -0.25) is 24.9 Å². The van der Waals surface area contributed by atoms with E-state index in [0.29, 0.717) is 6.29 Å². The van der Waals surface area contributed by atoms with E-state index in [2.05, 4.69) is 52.4 Å². The first-order valence-electron chi connectivity index (χ1n) is 9.32. The Bertz CT molecular complexity index is 1050. The molecular weight excluding hydrogens is 588 g/mol. The van der Waals surface area contributed by atoms with Crippen LogP contribution in [0, 0.1) is 0 Å². The summed E-state index contributed by atoms with van der Waals surface area (Å²) >= 11 is 7.53. The summed E-state index contributed by atoms with van der Waals surface area (Å²) in [6.07, 6.45) is -1.99. The summed E-state index contributed by atoms with van der Waals surface area (Å²) in [5.41, 5.74) is 4.10. The number of nitrogens with zero attached hydrogens (tertiary/aromatic N) is 4. The van der Waals surface area contributed by atoms with Crippen LogP contribution in [0.3, 0.4) is 0 Å². The minimum Gasteiger partial charge on any atom is -0.389 e. The molecule has 34 heavy (non-hydrogen) atoms. The fraction of sp³-hybridized carbons (Fsp3) is 0.643. The first-order chi connectivity index (χ1) is 15.6. The number of thiol groups is 1. The maximum Gasteiger partial charge on any atom is 0.481 e. The van der Waals surface area contributed by atoms with Gasteiger partial charge < -0.3 is 29.3 Å². The second-order valence-electron chi connectivity index (χ2n) is 7.20. The molecule has 6 N–H and O–H groups in total. The molecule has 16 nitrogen and oxygen atoms in total. The van der Waals surface area contributed by atoms with Crippen molar-refractivity contribution in [1.29, 1.82) is 0 Å². The molecule has 0 saturated carbocycles. The van der Waals surface area contributed by atoms with E-state index in [4.69, 9.17) is 20.3 Å². The van der Waals surface area contributed by atoms with Crippen molar-refractivity contribution >= 4 is 74.2 Å². The molecule has 6 atom stereocenters. The van der Waals surface area contributed by atoms with Gasteiger partial charge >= 0.3 is 15.6 Å². The molecule has 0 radical (unpaired) electrons. The standard InChI is InChI=1S/C14H20BrN5O11P2S/c15-14(16)10-12(17-5-19-14)20(6-18-10)13(8(22)2-1-3-21)11(34)9(23)7(30-13)4-29-33(27,28)31-32(24,25)26/h3,5,7,9,11,23,34H,1-2,4,6,16H2,(H,27,28)(H2,24,25,26)/t7-,9-,11-,13-,14?/m1/s1. The molecule has 0 amide bonds. The van der Waals surface area contributed by atoms with Crippen LogP contribution in [0.25, 0.3) is 0 Å². The Hall–Kier alpha value is -0.880. The van der Waals surface area contributed by atoms with Crippen LogP contribution >= 0.6 is 44.2 Å². The number of aldehydes is 1. The van der Waals surface area contributed by atoms with Crippen LogP contribution in [0.4, 0.5) is 0 Å². The molecule has 0 aromatic rings. The van der Waals surface area contributed by atoms with E-state index in [1.165, 1.54) is 4.90 Å². The number of ether oxygens (including phenoxy) is 1. The molecule has 1 fully saturated rings. The second-order valence-corrected chi connectivity index (χ2v) is 11.8. The van der Waals surface area contributed by atoms with E-state index in [1.807, 2.05) is 0 Å². The highest BCUT2D eigenvalue weighted by molar-refractivity contribution is 9.10. The fourth-order valence-corrected chi connectivity index (χ4v) is 6.06. The summed E-state index contributed by atoms with van der Waals surface area (Å²) in [6.45, 7) is -1.16. The van der Waals surface area contributed by atoms with Crippen molar-refractivity contribution in [2.24, 2.45) is 20.7 Å². The van der Waals surface area contributed by atoms with Gasteiger partial charge in [-0.1, -0.05) is 0 Å². The highest BCUT2D eigenvalue weighted by Gasteiger charge is 2.63. The van der Waals surface area contributed by atoms with Crippen LogP contribution < -0.4 is 5.73 Å². The van der Waals surface area contributed by atoms with Gasteiger partial charge in [-0.2, -0.15) is 16.9 Å². The quantitative estimate of drug-likeness (QED) is 0.0555. The Morgan fingerprint density at radius 2 is 2.12 bits per heavy atom. The number of hydrogen-bond donors (Lipinski definition) is 6. The van der Waals surface area contributed by atoms with Gasteiger partial charge in [-0.05, 0) is 15.9 Å². The number of carbonyl (C=O) groups is 2. The van der Waals surface area contributed by atoms with Gasteiger partial charge in [0, 0.05) is 12.8 Å². The molecule has 0 bridgehead atoms. The Balaban J connectivity index is 1.92. The van der Waals surface area contributed by atoms with Crippen LogP contribution in [0.15, 0.2) is 15.0 Å². The van der Waals surface area contributed by atoms with Crippen LogP contribution in [0.1, 0.15) is 12.8 Å². The van der Waals surface area contributed by atoms with Crippen molar-refractivity contribution in [3.63, 3.8) is 0 Å². The fourth-order valence-electron chi connectivity index (χ4n) is 3.53. The number of phosphoric ester groups is 1. The van der Waals surface area contributed by atoms with Crippen molar-refractivity contribution < 1.29 is 52.1 Å². The van der Waals surface area contributed by atoms with E-state index >= 15 is 0 Å². The van der Waals surface area contributed by atoms with Gasteiger partial charge in [0.25, 0.3) is 0 Å². The number of aliphatic hydroxyl groups excluding tert-OH is 1. The minimum absolute atomic E-state index is 0.0688. The molecule has 0 aromatic heterocycles. The summed E-state index contributed by atoms with van der Waals surface area (Å²) in [7, 11) is -10.7. The molecule has 0 aromatic carbocycles. The first kappa shape index (κ1) is 27.7. The Kier molecular flexibility index (Phi) is 8.05. The Morgan fingerprint density at radius 3 is 2.74 bits per heavy atom. The number of amidine groups is 1. The van der Waals surface area contributed by atoms with Crippen molar-refractivity contribution in [1.82, 2.24) is 4.90 Å². The molecular formula is C14H20BrN5O11P2S. The maximum absolute atomic E-state index is 13.3. The van der Waals surface area contributed by atoms with E-state index in [9.17, 15) is 28.7 Å². The van der Waals surface area contributed by atoms with Gasteiger partial charge in [-0.25, -0.2) is 19.1 Å². The smallest absolute Gasteiger partial charge is 0.389 e. The predicted octanol–water partition coefficient (Wildman–Crippen LogP) is -1.32. The molecule has 3 aliphatic heterocycles. The molecule has 2 unspecified atom stereocenters. The highest BCUT2D eigenvalue weighted by atomic mass is 79.9. The monoisotopic (exact) mass is 607 g/mol. The van der Waals surface area contributed by atoms with Gasteiger partial charge in [0.05, 0.1) is 18.0 Å². The van der Waals surface area contributed by atoms with Gasteiger partial charge in [0.2, 0.25) is 10.3 Å². The minimum atomic E-state index is -5.39. The lowest BCUT2D eigenvalue weighted by atomic mass is 9.96. The summed E-state index contributed by atoms with van der Waals surface area (Å²) < 4.78 is 35.3. The van der Waals surface area contributed by atoms with Crippen LogP contribution in [0.5, 0.6) is 0 Å². The SMILES string of the molecule is NC1(Br)N=CN=C2C1=NCN2[C@]1(C(=O)CCC=O)O[C@H](COP(=O)(O)OP(=O)(O)O)[C@@H](O)[C@H]1S. The molecule has 3 heterocycles. The van der Waals surface area contributed by atoms with Crippen LogP contribution in [-0.2, 0) is 32.3 Å². The molecule has 20 heteroatoms. The number of halogens is 1. The van der Waals surface area contributed by atoms with Crippen molar-refractivity contribution in [3.05, 3.63) is 0 Å². The lowest BCUT2D eigenvalue weighted by Gasteiger charge is -2.41. The van der Waals surface area contributed by atoms with Crippen LogP contribution in [-0.4, -0.2) is 95.7 Å². The lowest BCUT2D eigenvalue weighted by molar-refractivity contribution is -0.164. The van der Waals surface area contributed by atoms with Crippen molar-refractivity contribution in [2.75, 3.05) is 13.3 Å². The third-order valence-corrected chi connectivity index (χ3v) is 8.32. The number of fused-ring (bicyclic) bond motifs is 1. The number of phosphoric acid groups is 2. The van der Waals surface area contributed by atoms with E-state index in [-0.39, 0.29) is 31.1 Å². The molecule has 3 rings (SSSR count). The largest absolute Gasteiger partial charge is 0.481 e. The zero-order valence-corrected chi connectivity index (χ0v) is 21.2. The molecule has 190 valence electrons. The first-order valence-corrected chi connectivity index (χ1v) is 13.7. The average Bonchev–Trinajstić information content (AvgIpc) is 3.25. The zero-order chi connectivity index (χ0) is 25.5. The van der Waals surface area contributed by atoms with Crippen molar-refractivity contribution in [2.45, 2.75) is 40.6 Å². The Labute approximate surface area is 205 Å². The number of Topliss-reactive ketones (excluding diaryl/α,β-unsaturated/α-hetero) is 1. The molecule has 0 aliphatic carbocycles. The summed E-state index contributed by atoms with van der Waals surface area (Å²) in [4.78, 5) is 64.7. The molecule has 0 spiro atoms. The summed E-state index contributed by atoms with van der Waals surface area (Å²) in [6, 6.07) is 0. The number of carbonyl (C=O) groups excluding carboxylic acids is 2. The normalized spacial score (nSPS) is 34.9. The number of rotatable bonds is 10. The third-order valence-electron chi connectivity index (χ3n) is 4.93. The number of ketones is 1. The van der Waals surface area contributed by atoms with E-state index in [1.54, 1.807) is 0 Å². The van der Waals surface area contributed by atoms with E-state index in [0.717, 1.165) is 6.34 Å². The highest BCUT2D eigenvalue weighted by Crippen LogP contribution is 2.58. The van der Waals surface area contributed by atoms with Gasteiger partial charge in [-0.15, -0.1) is 0 Å². The average molecular weight is 608 g/mol. The maximum atomic E-state index is 13.3. The predicted molar refractivity (Wildman–Crippen MR) is 122 cm³/mol. The number of hydrogen-bond acceptors (Lipinski definition) is 14. The topological polar surface area (TPSA) is 243 Å². The van der Waals surface area contributed by atoms with Crippen LogP contribution in [0.2, 0.25) is 0 Å². The van der Waals surface area contributed by atoms with E-state index < -0.39 is 55.8 Å². The lowest BCUT2D eigenvalue weighted by Crippen LogP contribution is -2.63.